The molecule has 1 amide bonds. The third-order valence-electron chi connectivity index (χ3n) is 3.39. The summed E-state index contributed by atoms with van der Waals surface area (Å²) in [5.74, 6) is -0.931. The first-order chi connectivity index (χ1) is 9.09. The molecule has 0 aromatic heterocycles. The van der Waals surface area contributed by atoms with Gasteiger partial charge in [-0.25, -0.2) is 0 Å². The molecule has 0 fully saturated rings. The molecule has 102 valence electrons. The molecule has 0 saturated heterocycles. The summed E-state index contributed by atoms with van der Waals surface area (Å²) < 4.78 is 0. The SMILES string of the molecule is CC(=O)NCCN1CCc2ccccc2C1C(=O)O. The average Bonchev–Trinajstić information content (AvgIpc) is 2.37. The van der Waals surface area contributed by atoms with Crippen LogP contribution in [-0.4, -0.2) is 41.5 Å². The number of rotatable bonds is 4. The van der Waals surface area contributed by atoms with Gasteiger partial charge in [-0.3, -0.25) is 14.5 Å². The molecule has 1 aromatic rings. The van der Waals surface area contributed by atoms with Crippen LogP contribution in [0.2, 0.25) is 0 Å². The van der Waals surface area contributed by atoms with Crippen molar-refractivity contribution in [3.63, 3.8) is 0 Å². The number of carboxylic acids is 1. The Morgan fingerprint density at radius 2 is 2.16 bits per heavy atom. The van der Waals surface area contributed by atoms with Crippen molar-refractivity contribution in [3.8, 4) is 0 Å². The number of hydrogen-bond donors (Lipinski definition) is 2. The molecule has 1 atom stereocenters. The molecule has 1 heterocycles. The van der Waals surface area contributed by atoms with Crippen LogP contribution in [0.25, 0.3) is 0 Å². The normalized spacial score (nSPS) is 18.7. The van der Waals surface area contributed by atoms with E-state index in [1.807, 2.05) is 29.2 Å². The summed E-state index contributed by atoms with van der Waals surface area (Å²) >= 11 is 0. The standard InChI is InChI=1S/C14H18N2O3/c1-10(17)15-7-9-16-8-6-11-4-2-3-5-12(11)13(16)14(18)19/h2-5,13H,6-9H2,1H3,(H,15,17)(H,18,19). The lowest BCUT2D eigenvalue weighted by molar-refractivity contribution is -0.144. The number of fused-ring (bicyclic) bond motifs is 1. The molecule has 1 aliphatic rings. The summed E-state index contributed by atoms with van der Waals surface area (Å²) in [6.45, 7) is 3.18. The maximum absolute atomic E-state index is 11.5. The van der Waals surface area contributed by atoms with Gasteiger partial charge in [-0.15, -0.1) is 0 Å². The third kappa shape index (κ3) is 3.12. The first-order valence-electron chi connectivity index (χ1n) is 6.38. The molecule has 0 radical (unpaired) electrons. The van der Waals surface area contributed by atoms with Gasteiger partial charge in [-0.1, -0.05) is 24.3 Å². The van der Waals surface area contributed by atoms with E-state index < -0.39 is 12.0 Å². The first-order valence-corrected chi connectivity index (χ1v) is 6.38. The monoisotopic (exact) mass is 262 g/mol. The van der Waals surface area contributed by atoms with E-state index in [0.29, 0.717) is 19.6 Å². The molecule has 2 N–H and O–H groups in total. The van der Waals surface area contributed by atoms with Crippen molar-refractivity contribution < 1.29 is 14.7 Å². The summed E-state index contributed by atoms with van der Waals surface area (Å²) in [6.07, 6.45) is 0.847. The minimum absolute atomic E-state index is 0.0933. The largest absolute Gasteiger partial charge is 0.480 e. The molecule has 5 nitrogen and oxygen atoms in total. The Morgan fingerprint density at radius 3 is 2.84 bits per heavy atom. The van der Waals surface area contributed by atoms with Crippen molar-refractivity contribution in [2.45, 2.75) is 19.4 Å². The molecule has 19 heavy (non-hydrogen) atoms. The molecule has 5 heteroatoms. The quantitative estimate of drug-likeness (QED) is 0.842. The smallest absolute Gasteiger partial charge is 0.325 e. The van der Waals surface area contributed by atoms with Crippen molar-refractivity contribution in [2.24, 2.45) is 0 Å². The van der Waals surface area contributed by atoms with Crippen LogP contribution in [0.15, 0.2) is 24.3 Å². The fourth-order valence-electron chi connectivity index (χ4n) is 2.52. The fraction of sp³-hybridized carbons (Fsp3) is 0.429. The van der Waals surface area contributed by atoms with Crippen LogP contribution in [0.4, 0.5) is 0 Å². The summed E-state index contributed by atoms with van der Waals surface area (Å²) in [6, 6.07) is 7.05. The van der Waals surface area contributed by atoms with E-state index >= 15 is 0 Å². The van der Waals surface area contributed by atoms with Gasteiger partial charge in [0.1, 0.15) is 6.04 Å². The van der Waals surface area contributed by atoms with Crippen molar-refractivity contribution in [1.29, 1.82) is 0 Å². The molecule has 1 unspecified atom stereocenters. The minimum Gasteiger partial charge on any atom is -0.480 e. The number of benzene rings is 1. The Hall–Kier alpha value is -1.88. The molecule has 0 saturated carbocycles. The number of amides is 1. The van der Waals surface area contributed by atoms with Gasteiger partial charge in [-0.2, -0.15) is 0 Å². The summed E-state index contributed by atoms with van der Waals surface area (Å²) in [5, 5.41) is 12.1. The van der Waals surface area contributed by atoms with Crippen molar-refractivity contribution in [1.82, 2.24) is 10.2 Å². The van der Waals surface area contributed by atoms with Gasteiger partial charge < -0.3 is 10.4 Å². The van der Waals surface area contributed by atoms with Gasteiger partial charge in [-0.05, 0) is 17.5 Å². The number of carbonyl (C=O) groups excluding carboxylic acids is 1. The van der Waals surface area contributed by atoms with E-state index in [4.69, 9.17) is 0 Å². The lowest BCUT2D eigenvalue weighted by atomic mass is 9.92. The Bertz CT molecular complexity index is 487. The molecule has 2 rings (SSSR count). The predicted molar refractivity (Wildman–Crippen MR) is 70.8 cm³/mol. The van der Waals surface area contributed by atoms with Crippen molar-refractivity contribution in [3.05, 3.63) is 35.4 Å². The average molecular weight is 262 g/mol. The van der Waals surface area contributed by atoms with E-state index in [1.165, 1.54) is 6.92 Å². The van der Waals surface area contributed by atoms with Crippen LogP contribution in [0.5, 0.6) is 0 Å². The fourth-order valence-corrected chi connectivity index (χ4v) is 2.52. The van der Waals surface area contributed by atoms with Crippen molar-refractivity contribution >= 4 is 11.9 Å². The number of aliphatic carboxylic acids is 1. The Labute approximate surface area is 112 Å². The summed E-state index contributed by atoms with van der Waals surface area (Å²) in [7, 11) is 0. The number of nitrogens with one attached hydrogen (secondary N) is 1. The van der Waals surface area contributed by atoms with Crippen molar-refractivity contribution in [2.75, 3.05) is 19.6 Å². The zero-order valence-electron chi connectivity index (χ0n) is 10.9. The van der Waals surface area contributed by atoms with Gasteiger partial charge in [0.15, 0.2) is 0 Å². The predicted octanol–water partition coefficient (Wildman–Crippen LogP) is 0.806. The molecular formula is C14H18N2O3. The highest BCUT2D eigenvalue weighted by atomic mass is 16.4. The van der Waals surface area contributed by atoms with E-state index in [1.54, 1.807) is 0 Å². The number of hydrogen-bond acceptors (Lipinski definition) is 3. The van der Waals surface area contributed by atoms with Crippen LogP contribution in [0.3, 0.4) is 0 Å². The lowest BCUT2D eigenvalue weighted by Gasteiger charge is -2.34. The molecule has 0 bridgehead atoms. The Morgan fingerprint density at radius 1 is 1.42 bits per heavy atom. The van der Waals surface area contributed by atoms with Crippen LogP contribution in [0.1, 0.15) is 24.1 Å². The second-order valence-electron chi connectivity index (χ2n) is 4.71. The van der Waals surface area contributed by atoms with Gasteiger partial charge in [0.25, 0.3) is 0 Å². The summed E-state index contributed by atoms with van der Waals surface area (Å²) in [4.78, 5) is 24.3. The zero-order valence-corrected chi connectivity index (χ0v) is 10.9. The number of nitrogens with zero attached hydrogens (tertiary/aromatic N) is 1. The second-order valence-corrected chi connectivity index (χ2v) is 4.71. The van der Waals surface area contributed by atoms with E-state index in [2.05, 4.69) is 5.32 Å². The summed E-state index contributed by atoms with van der Waals surface area (Å²) in [5.41, 5.74) is 1.97. The minimum atomic E-state index is -0.838. The van der Waals surface area contributed by atoms with Crippen LogP contribution >= 0.6 is 0 Å². The van der Waals surface area contributed by atoms with E-state index in [9.17, 15) is 14.7 Å². The number of carboxylic acid groups (broad SMARTS) is 1. The highest BCUT2D eigenvalue weighted by molar-refractivity contribution is 5.76. The van der Waals surface area contributed by atoms with Gasteiger partial charge in [0, 0.05) is 26.6 Å². The third-order valence-corrected chi connectivity index (χ3v) is 3.39. The maximum atomic E-state index is 11.5. The van der Waals surface area contributed by atoms with Crippen LogP contribution < -0.4 is 5.32 Å². The lowest BCUT2D eigenvalue weighted by Crippen LogP contribution is -2.43. The molecule has 0 aliphatic carbocycles. The number of carbonyl (C=O) groups is 2. The van der Waals surface area contributed by atoms with Gasteiger partial charge >= 0.3 is 5.97 Å². The molecule has 0 spiro atoms. The Kier molecular flexibility index (Phi) is 4.16. The highest BCUT2D eigenvalue weighted by Crippen LogP contribution is 2.29. The second kappa shape index (κ2) is 5.84. The molecule has 1 aliphatic heterocycles. The van der Waals surface area contributed by atoms with Gasteiger partial charge in [0.05, 0.1) is 0 Å². The maximum Gasteiger partial charge on any atom is 0.325 e. The highest BCUT2D eigenvalue weighted by Gasteiger charge is 2.32. The Balaban J connectivity index is 2.13. The van der Waals surface area contributed by atoms with E-state index in [-0.39, 0.29) is 5.91 Å². The molecular weight excluding hydrogens is 244 g/mol. The van der Waals surface area contributed by atoms with E-state index in [0.717, 1.165) is 17.5 Å². The van der Waals surface area contributed by atoms with Crippen LogP contribution in [-0.2, 0) is 16.0 Å². The molecule has 1 aromatic carbocycles. The first kappa shape index (κ1) is 13.5. The zero-order chi connectivity index (χ0) is 13.8. The topological polar surface area (TPSA) is 69.6 Å². The van der Waals surface area contributed by atoms with Gasteiger partial charge in [0.2, 0.25) is 5.91 Å². The van der Waals surface area contributed by atoms with Crippen LogP contribution in [0, 0.1) is 0 Å².